The van der Waals surface area contributed by atoms with Gasteiger partial charge in [0.05, 0.1) is 0 Å². The summed E-state index contributed by atoms with van der Waals surface area (Å²) in [6.45, 7) is 7.75. The first-order chi connectivity index (χ1) is 11.1. The molecule has 0 radical (unpaired) electrons. The van der Waals surface area contributed by atoms with Crippen LogP contribution in [0.5, 0.6) is 0 Å². The van der Waals surface area contributed by atoms with Gasteiger partial charge in [0.1, 0.15) is 6.17 Å². The molecular formula is C20H30N2O. The summed E-state index contributed by atoms with van der Waals surface area (Å²) in [5, 5.41) is 3.85. The predicted molar refractivity (Wildman–Crippen MR) is 94.2 cm³/mol. The molecule has 23 heavy (non-hydrogen) atoms. The largest absolute Gasteiger partial charge is 0.319 e. The van der Waals surface area contributed by atoms with E-state index in [-0.39, 0.29) is 12.1 Å². The molecule has 3 nitrogen and oxygen atoms in total. The molecule has 3 rings (SSSR count). The van der Waals surface area contributed by atoms with Gasteiger partial charge in [-0.1, -0.05) is 58.2 Å². The van der Waals surface area contributed by atoms with Crippen molar-refractivity contribution in [1.29, 1.82) is 0 Å². The molecule has 0 saturated heterocycles. The molecule has 1 aliphatic carbocycles. The van der Waals surface area contributed by atoms with E-state index in [0.29, 0.717) is 12.0 Å². The first-order valence-electron chi connectivity index (χ1n) is 9.29. The Labute approximate surface area is 140 Å². The highest BCUT2D eigenvalue weighted by molar-refractivity contribution is 5.99. The van der Waals surface area contributed by atoms with Crippen LogP contribution in [0.1, 0.15) is 75.0 Å². The number of carbonyl (C=O) groups is 1. The summed E-state index contributed by atoms with van der Waals surface area (Å²) < 4.78 is 0. The third-order valence-electron chi connectivity index (χ3n) is 5.89. The molecule has 1 heterocycles. The maximum absolute atomic E-state index is 12.8. The Morgan fingerprint density at radius 2 is 2.00 bits per heavy atom. The maximum Gasteiger partial charge on any atom is 0.255 e. The summed E-state index contributed by atoms with van der Waals surface area (Å²) in [5.41, 5.74) is 2.05. The standard InChI is InChI=1S/C20H30N2O/c1-4-5-13-22-19(16-10-6-7-11-17(16)20(22)23)21-18-12-8-9-14(2)15(18)3/h6-7,10-11,14-15,18-19,21H,4-5,8-9,12-13H2,1-3H3/t14-,15+,18-,19-/m1/s1. The molecule has 2 aliphatic rings. The first-order valence-corrected chi connectivity index (χ1v) is 9.29. The molecule has 0 unspecified atom stereocenters. The number of hydrogen-bond acceptors (Lipinski definition) is 2. The smallest absolute Gasteiger partial charge is 0.255 e. The van der Waals surface area contributed by atoms with Crippen LogP contribution in [0.4, 0.5) is 0 Å². The first kappa shape index (κ1) is 16.5. The van der Waals surface area contributed by atoms with E-state index in [1.807, 2.05) is 12.1 Å². The van der Waals surface area contributed by atoms with Crippen molar-refractivity contribution in [3.8, 4) is 0 Å². The van der Waals surface area contributed by atoms with Crippen molar-refractivity contribution in [3.05, 3.63) is 35.4 Å². The Balaban J connectivity index is 1.83. The molecule has 1 aliphatic heterocycles. The van der Waals surface area contributed by atoms with Crippen LogP contribution in [-0.2, 0) is 0 Å². The Bertz CT molecular complexity index is 556. The number of fused-ring (bicyclic) bond motifs is 1. The quantitative estimate of drug-likeness (QED) is 0.876. The van der Waals surface area contributed by atoms with Gasteiger partial charge in [0.15, 0.2) is 0 Å². The van der Waals surface area contributed by atoms with Crippen molar-refractivity contribution < 1.29 is 4.79 Å². The highest BCUT2D eigenvalue weighted by Crippen LogP contribution is 2.36. The van der Waals surface area contributed by atoms with Gasteiger partial charge in [-0.2, -0.15) is 0 Å². The number of amides is 1. The topological polar surface area (TPSA) is 32.3 Å². The van der Waals surface area contributed by atoms with Gasteiger partial charge >= 0.3 is 0 Å². The molecule has 0 spiro atoms. The Morgan fingerprint density at radius 3 is 2.78 bits per heavy atom. The molecule has 1 amide bonds. The van der Waals surface area contributed by atoms with Crippen LogP contribution in [0.2, 0.25) is 0 Å². The zero-order chi connectivity index (χ0) is 16.4. The summed E-state index contributed by atoms with van der Waals surface area (Å²) in [5.74, 6) is 1.63. The Morgan fingerprint density at radius 1 is 1.22 bits per heavy atom. The van der Waals surface area contributed by atoms with Crippen LogP contribution in [0.25, 0.3) is 0 Å². The monoisotopic (exact) mass is 314 g/mol. The van der Waals surface area contributed by atoms with E-state index in [9.17, 15) is 4.79 Å². The summed E-state index contributed by atoms with van der Waals surface area (Å²) in [6.07, 6.45) is 6.08. The third kappa shape index (κ3) is 3.16. The molecule has 1 N–H and O–H groups in total. The van der Waals surface area contributed by atoms with Crippen LogP contribution in [0.15, 0.2) is 24.3 Å². The summed E-state index contributed by atoms with van der Waals surface area (Å²) in [7, 11) is 0. The van der Waals surface area contributed by atoms with Crippen molar-refractivity contribution >= 4 is 5.91 Å². The van der Waals surface area contributed by atoms with Crippen molar-refractivity contribution in [3.63, 3.8) is 0 Å². The molecule has 1 aromatic carbocycles. The van der Waals surface area contributed by atoms with Gasteiger partial charge in [0.25, 0.3) is 5.91 Å². The fraction of sp³-hybridized carbons (Fsp3) is 0.650. The second kappa shape index (κ2) is 7.04. The summed E-state index contributed by atoms with van der Waals surface area (Å²) in [4.78, 5) is 14.8. The van der Waals surface area contributed by atoms with Crippen molar-refractivity contribution in [1.82, 2.24) is 10.2 Å². The summed E-state index contributed by atoms with van der Waals surface area (Å²) >= 11 is 0. The van der Waals surface area contributed by atoms with Crippen LogP contribution >= 0.6 is 0 Å². The number of nitrogens with one attached hydrogen (secondary N) is 1. The van der Waals surface area contributed by atoms with Crippen molar-refractivity contribution in [2.75, 3.05) is 6.54 Å². The van der Waals surface area contributed by atoms with Gasteiger partial charge in [0, 0.05) is 23.7 Å². The minimum atomic E-state index is 0.0583. The number of rotatable bonds is 5. The lowest BCUT2D eigenvalue weighted by Gasteiger charge is -2.38. The average molecular weight is 314 g/mol. The van der Waals surface area contributed by atoms with Gasteiger partial charge in [-0.15, -0.1) is 0 Å². The number of hydrogen-bond donors (Lipinski definition) is 1. The normalized spacial score (nSPS) is 30.6. The number of nitrogens with zero attached hydrogens (tertiary/aromatic N) is 1. The minimum Gasteiger partial charge on any atom is -0.319 e. The molecular weight excluding hydrogens is 284 g/mol. The minimum absolute atomic E-state index is 0.0583. The average Bonchev–Trinajstić information content (AvgIpc) is 2.82. The maximum atomic E-state index is 12.8. The van der Waals surface area contributed by atoms with Gasteiger partial charge in [0.2, 0.25) is 0 Å². The van der Waals surface area contributed by atoms with Crippen LogP contribution in [0, 0.1) is 11.8 Å². The zero-order valence-corrected chi connectivity index (χ0v) is 14.7. The van der Waals surface area contributed by atoms with E-state index in [0.717, 1.165) is 30.9 Å². The molecule has 0 aromatic heterocycles. The zero-order valence-electron chi connectivity index (χ0n) is 14.7. The van der Waals surface area contributed by atoms with Crippen molar-refractivity contribution in [2.24, 2.45) is 11.8 Å². The highest BCUT2D eigenvalue weighted by Gasteiger charge is 2.38. The van der Waals surface area contributed by atoms with E-state index in [1.54, 1.807) is 0 Å². The molecule has 1 fully saturated rings. The number of carbonyl (C=O) groups excluding carboxylic acids is 1. The van der Waals surface area contributed by atoms with E-state index in [1.165, 1.54) is 24.8 Å². The number of unbranched alkanes of at least 4 members (excludes halogenated alkanes) is 1. The Kier molecular flexibility index (Phi) is 5.05. The lowest BCUT2D eigenvalue weighted by atomic mass is 9.78. The molecule has 0 bridgehead atoms. The van der Waals surface area contributed by atoms with Crippen LogP contribution in [-0.4, -0.2) is 23.4 Å². The fourth-order valence-electron chi connectivity index (χ4n) is 4.13. The summed E-state index contributed by atoms with van der Waals surface area (Å²) in [6, 6.07) is 8.63. The van der Waals surface area contributed by atoms with E-state index in [4.69, 9.17) is 0 Å². The second-order valence-corrected chi connectivity index (χ2v) is 7.38. The van der Waals surface area contributed by atoms with E-state index >= 15 is 0 Å². The number of benzene rings is 1. The van der Waals surface area contributed by atoms with Gasteiger partial charge in [-0.05, 0) is 30.7 Å². The van der Waals surface area contributed by atoms with Gasteiger partial charge in [-0.3, -0.25) is 10.1 Å². The second-order valence-electron chi connectivity index (χ2n) is 7.38. The molecule has 4 atom stereocenters. The van der Waals surface area contributed by atoms with Gasteiger partial charge in [-0.25, -0.2) is 0 Å². The van der Waals surface area contributed by atoms with Crippen molar-refractivity contribution in [2.45, 2.75) is 65.1 Å². The van der Waals surface area contributed by atoms with Crippen LogP contribution in [0.3, 0.4) is 0 Å². The molecule has 3 heteroatoms. The third-order valence-corrected chi connectivity index (χ3v) is 5.89. The fourth-order valence-corrected chi connectivity index (χ4v) is 4.13. The SMILES string of the molecule is CCCCN1C(=O)c2ccccc2[C@@H]1N[C@@H]1CCC[C@@H](C)[C@@H]1C. The predicted octanol–water partition coefficient (Wildman–Crippen LogP) is 4.36. The van der Waals surface area contributed by atoms with E-state index < -0.39 is 0 Å². The lowest BCUT2D eigenvalue weighted by Crippen LogP contribution is -2.47. The Hall–Kier alpha value is -1.35. The highest BCUT2D eigenvalue weighted by atomic mass is 16.2. The van der Waals surface area contributed by atoms with E-state index in [2.05, 4.69) is 43.1 Å². The lowest BCUT2D eigenvalue weighted by molar-refractivity contribution is 0.0640. The molecule has 126 valence electrons. The van der Waals surface area contributed by atoms with Gasteiger partial charge < -0.3 is 4.90 Å². The molecule has 1 saturated carbocycles. The molecule has 1 aromatic rings. The van der Waals surface area contributed by atoms with Crippen LogP contribution < -0.4 is 5.32 Å².